The van der Waals surface area contributed by atoms with Gasteiger partial charge in [0.25, 0.3) is 11.8 Å². The van der Waals surface area contributed by atoms with Crippen molar-refractivity contribution in [3.8, 4) is 0 Å². The van der Waals surface area contributed by atoms with Gasteiger partial charge in [0, 0.05) is 48.3 Å². The van der Waals surface area contributed by atoms with Crippen LogP contribution in [0.4, 0.5) is 11.4 Å². The minimum atomic E-state index is -0.779. The number of unbranched alkanes of at least 4 members (excludes halogenated alkanes) is 5. The van der Waals surface area contributed by atoms with E-state index >= 15 is 0 Å². The van der Waals surface area contributed by atoms with E-state index in [0.29, 0.717) is 54.7 Å². The van der Waals surface area contributed by atoms with Gasteiger partial charge in [-0.15, -0.1) is 0 Å². The lowest BCUT2D eigenvalue weighted by Gasteiger charge is -2.22. The summed E-state index contributed by atoms with van der Waals surface area (Å²) in [6.45, 7) is 0.617. The summed E-state index contributed by atoms with van der Waals surface area (Å²) in [5.74, 6) is -2.19. The molecule has 6 N–H and O–H groups in total. The number of rotatable bonds is 15. The van der Waals surface area contributed by atoms with Crippen LogP contribution in [0.15, 0.2) is 48.5 Å². The predicted molar refractivity (Wildman–Crippen MR) is 174 cm³/mol. The van der Waals surface area contributed by atoms with Crippen molar-refractivity contribution in [2.45, 2.75) is 89.1 Å². The smallest absolute Gasteiger partial charge is 0.252 e. The number of nitrogens with one attached hydrogen (secondary N) is 6. The van der Waals surface area contributed by atoms with E-state index in [9.17, 15) is 33.6 Å². The molecule has 0 saturated carbocycles. The van der Waals surface area contributed by atoms with Gasteiger partial charge in [0.2, 0.25) is 29.5 Å². The monoisotopic (exact) mass is 646 g/mol. The van der Waals surface area contributed by atoms with Crippen LogP contribution >= 0.6 is 0 Å². The van der Waals surface area contributed by atoms with Gasteiger partial charge in [0.05, 0.1) is 0 Å². The van der Waals surface area contributed by atoms with E-state index < -0.39 is 23.9 Å². The molecule has 2 aliphatic heterocycles. The molecule has 7 amide bonds. The highest BCUT2D eigenvalue weighted by Crippen LogP contribution is 2.16. The highest BCUT2D eigenvalue weighted by atomic mass is 16.2. The molecule has 13 heteroatoms. The Balaban J connectivity index is 1.06. The zero-order valence-electron chi connectivity index (χ0n) is 26.3. The van der Waals surface area contributed by atoms with Crippen molar-refractivity contribution < 1.29 is 33.6 Å². The van der Waals surface area contributed by atoms with Gasteiger partial charge in [0.1, 0.15) is 12.1 Å². The van der Waals surface area contributed by atoms with Gasteiger partial charge in [-0.1, -0.05) is 37.8 Å². The summed E-state index contributed by atoms with van der Waals surface area (Å²) in [6, 6.07) is 11.8. The maximum Gasteiger partial charge on any atom is 0.252 e. The molecular weight excluding hydrogens is 604 g/mol. The Morgan fingerprint density at radius 1 is 0.660 bits per heavy atom. The summed E-state index contributed by atoms with van der Waals surface area (Å²) in [5.41, 5.74) is 1.67. The second-order valence-corrected chi connectivity index (χ2v) is 11.8. The van der Waals surface area contributed by atoms with Gasteiger partial charge in [-0.05, 0) is 68.5 Å². The number of piperidine rings is 2. The molecule has 2 fully saturated rings. The van der Waals surface area contributed by atoms with E-state index in [1.165, 1.54) is 0 Å². The number of carbonyl (C=O) groups is 7. The lowest BCUT2D eigenvalue weighted by Crippen LogP contribution is -2.52. The topological polar surface area (TPSA) is 192 Å². The minimum Gasteiger partial charge on any atom is -0.354 e. The van der Waals surface area contributed by atoms with Gasteiger partial charge in [-0.25, -0.2) is 0 Å². The van der Waals surface area contributed by atoms with Gasteiger partial charge < -0.3 is 26.6 Å². The fourth-order valence-electron chi connectivity index (χ4n) is 5.43. The van der Waals surface area contributed by atoms with E-state index in [0.717, 1.165) is 38.5 Å². The molecule has 2 aromatic rings. The number of benzene rings is 2. The van der Waals surface area contributed by atoms with E-state index in [-0.39, 0.29) is 42.4 Å². The van der Waals surface area contributed by atoms with Crippen molar-refractivity contribution in [2.75, 3.05) is 17.2 Å². The number of anilines is 2. The fourth-order valence-corrected chi connectivity index (χ4v) is 5.43. The van der Waals surface area contributed by atoms with Crippen LogP contribution in [-0.2, 0) is 24.0 Å². The van der Waals surface area contributed by atoms with Gasteiger partial charge >= 0.3 is 0 Å². The van der Waals surface area contributed by atoms with E-state index in [4.69, 9.17) is 0 Å². The first-order valence-corrected chi connectivity index (χ1v) is 16.2. The molecule has 2 heterocycles. The Kier molecular flexibility index (Phi) is 13.0. The minimum absolute atomic E-state index is 0.136. The average Bonchev–Trinajstić information content (AvgIpc) is 3.05. The largest absolute Gasteiger partial charge is 0.354 e. The van der Waals surface area contributed by atoms with E-state index in [1.54, 1.807) is 48.5 Å². The average molecular weight is 647 g/mol. The molecule has 2 saturated heterocycles. The normalized spacial score (nSPS) is 17.6. The molecule has 47 heavy (non-hydrogen) atoms. The molecule has 0 bridgehead atoms. The van der Waals surface area contributed by atoms with Crippen LogP contribution < -0.4 is 31.9 Å². The van der Waals surface area contributed by atoms with Crippen LogP contribution in [0.5, 0.6) is 0 Å². The summed E-state index contributed by atoms with van der Waals surface area (Å²) in [4.78, 5) is 85.2. The molecule has 13 nitrogen and oxygen atoms in total. The van der Waals surface area contributed by atoms with E-state index in [2.05, 4.69) is 31.9 Å². The highest BCUT2D eigenvalue weighted by molar-refractivity contribution is 6.04. The fraction of sp³-hybridized carbons (Fsp3) is 0.441. The summed E-state index contributed by atoms with van der Waals surface area (Å²) in [5, 5.41) is 16.0. The summed E-state index contributed by atoms with van der Waals surface area (Å²) in [6.07, 6.45) is 7.52. The number of hydrogen-bond donors (Lipinski definition) is 6. The zero-order valence-corrected chi connectivity index (χ0v) is 26.3. The Morgan fingerprint density at radius 3 is 1.68 bits per heavy atom. The molecule has 250 valence electrons. The van der Waals surface area contributed by atoms with Crippen molar-refractivity contribution in [3.63, 3.8) is 0 Å². The van der Waals surface area contributed by atoms with Crippen LogP contribution in [0.25, 0.3) is 0 Å². The molecule has 2 unspecified atom stereocenters. The van der Waals surface area contributed by atoms with Crippen molar-refractivity contribution in [2.24, 2.45) is 0 Å². The quantitative estimate of drug-likeness (QED) is 0.127. The lowest BCUT2D eigenvalue weighted by molar-refractivity contribution is -0.134. The number of hydrogen-bond acceptors (Lipinski definition) is 7. The first-order chi connectivity index (χ1) is 22.7. The van der Waals surface area contributed by atoms with Crippen LogP contribution in [0.1, 0.15) is 97.8 Å². The molecular formula is C34H42N6O7. The highest BCUT2D eigenvalue weighted by Gasteiger charge is 2.28. The van der Waals surface area contributed by atoms with Crippen molar-refractivity contribution in [1.29, 1.82) is 0 Å². The Morgan fingerprint density at radius 2 is 1.17 bits per heavy atom. The van der Waals surface area contributed by atoms with Gasteiger partial charge in [-0.3, -0.25) is 38.9 Å². The predicted octanol–water partition coefficient (Wildman–Crippen LogP) is 2.93. The molecule has 0 radical (unpaired) electrons. The third-order valence-electron chi connectivity index (χ3n) is 8.01. The lowest BCUT2D eigenvalue weighted by atomic mass is 10.1. The third-order valence-corrected chi connectivity index (χ3v) is 8.01. The first kappa shape index (κ1) is 34.8. The molecule has 0 aromatic heterocycles. The standard InChI is InChI=1S/C34H42N6O7/c41-28(36-24-12-7-10-22(20-24)31(44)38-26-14-9-19-35-33(26)46)15-5-3-1-2-4-6-16-29(42)37-25-13-8-11-23(21-25)32(45)39-27-17-18-30(43)40-34(27)47/h7-8,10-13,20-21,26-27H,1-6,9,14-19H2,(H,35,46)(H,36,41)(H,37,42)(H,38,44)(H,39,45)(H,40,43,47). The van der Waals surface area contributed by atoms with Crippen molar-refractivity contribution >= 4 is 52.7 Å². The number of carbonyl (C=O) groups excluding carboxylic acids is 7. The van der Waals surface area contributed by atoms with Gasteiger partial charge in [-0.2, -0.15) is 0 Å². The Hall–Kier alpha value is -5.07. The second-order valence-electron chi connectivity index (χ2n) is 11.8. The van der Waals surface area contributed by atoms with Crippen LogP contribution in [-0.4, -0.2) is 60.0 Å². The number of imide groups is 1. The maximum absolute atomic E-state index is 12.6. The van der Waals surface area contributed by atoms with Gasteiger partial charge in [0.15, 0.2) is 0 Å². The SMILES string of the molecule is O=C1CCC(NC(=O)c2cccc(NC(=O)CCCCCCCCC(=O)Nc3cccc(C(=O)NC4CCCNC4=O)c3)c2)C(=O)N1. The van der Waals surface area contributed by atoms with Crippen LogP contribution in [0, 0.1) is 0 Å². The Bertz CT molecular complexity index is 1490. The maximum atomic E-state index is 12.6. The number of amides is 7. The Labute approximate surface area is 273 Å². The summed E-state index contributed by atoms with van der Waals surface area (Å²) < 4.78 is 0. The van der Waals surface area contributed by atoms with Crippen molar-refractivity contribution in [3.05, 3.63) is 59.7 Å². The molecule has 0 aliphatic carbocycles. The van der Waals surface area contributed by atoms with Crippen molar-refractivity contribution in [1.82, 2.24) is 21.3 Å². The molecule has 0 spiro atoms. The van der Waals surface area contributed by atoms with Crippen LogP contribution in [0.3, 0.4) is 0 Å². The molecule has 2 aliphatic rings. The summed E-state index contributed by atoms with van der Waals surface area (Å²) in [7, 11) is 0. The third kappa shape index (κ3) is 11.3. The molecule has 2 atom stereocenters. The second kappa shape index (κ2) is 17.6. The van der Waals surface area contributed by atoms with Crippen LogP contribution in [0.2, 0.25) is 0 Å². The van der Waals surface area contributed by atoms with E-state index in [1.807, 2.05) is 0 Å². The summed E-state index contributed by atoms with van der Waals surface area (Å²) >= 11 is 0. The zero-order chi connectivity index (χ0) is 33.6. The molecule has 2 aromatic carbocycles. The first-order valence-electron chi connectivity index (χ1n) is 16.2. The molecule has 4 rings (SSSR count).